The summed E-state index contributed by atoms with van der Waals surface area (Å²) in [5.74, 6) is -0.226. The molecule has 2 N–H and O–H groups in total. The highest BCUT2D eigenvalue weighted by molar-refractivity contribution is 5.97. The largest absolute Gasteiger partial charge is 0.326 e. The van der Waals surface area contributed by atoms with E-state index < -0.39 is 0 Å². The summed E-state index contributed by atoms with van der Waals surface area (Å²) < 4.78 is 0. The third kappa shape index (κ3) is 3.59. The van der Waals surface area contributed by atoms with Crippen molar-refractivity contribution in [2.45, 2.75) is 32.1 Å². The van der Waals surface area contributed by atoms with E-state index in [4.69, 9.17) is 0 Å². The summed E-state index contributed by atoms with van der Waals surface area (Å²) in [6, 6.07) is 15.4. The molecule has 4 nitrogen and oxygen atoms in total. The van der Waals surface area contributed by atoms with E-state index in [2.05, 4.69) is 16.7 Å². The molecule has 2 aromatic rings. The van der Waals surface area contributed by atoms with Gasteiger partial charge in [0.1, 0.15) is 0 Å². The fourth-order valence-corrected chi connectivity index (χ4v) is 3.13. The molecule has 2 aromatic carbocycles. The summed E-state index contributed by atoms with van der Waals surface area (Å²) in [7, 11) is 0. The van der Waals surface area contributed by atoms with Gasteiger partial charge in [-0.3, -0.25) is 9.59 Å². The Morgan fingerprint density at radius 1 is 1.00 bits per heavy atom. The van der Waals surface area contributed by atoms with Gasteiger partial charge in [0.25, 0.3) is 0 Å². The minimum absolute atomic E-state index is 0.0112. The fourth-order valence-electron chi connectivity index (χ4n) is 3.13. The Kier molecular flexibility index (Phi) is 4.42. The minimum Gasteiger partial charge on any atom is -0.326 e. The zero-order valence-electron chi connectivity index (χ0n) is 13.1. The second-order valence-corrected chi connectivity index (χ2v) is 5.89. The summed E-state index contributed by atoms with van der Waals surface area (Å²) in [4.78, 5) is 23.8. The Morgan fingerprint density at radius 2 is 1.74 bits per heavy atom. The molecule has 0 bridgehead atoms. The lowest BCUT2D eigenvalue weighted by Crippen LogP contribution is -2.24. The number of benzene rings is 2. The second-order valence-electron chi connectivity index (χ2n) is 5.89. The van der Waals surface area contributed by atoms with E-state index in [1.54, 1.807) is 12.1 Å². The van der Waals surface area contributed by atoms with E-state index >= 15 is 0 Å². The molecular weight excluding hydrogens is 288 g/mol. The first kappa shape index (κ1) is 15.3. The lowest BCUT2D eigenvalue weighted by Gasteiger charge is -2.24. The average Bonchev–Trinajstić information content (AvgIpc) is 2.54. The zero-order valence-corrected chi connectivity index (χ0v) is 13.1. The molecule has 0 heterocycles. The van der Waals surface area contributed by atoms with E-state index in [-0.39, 0.29) is 17.7 Å². The van der Waals surface area contributed by atoms with Crippen molar-refractivity contribution in [3.63, 3.8) is 0 Å². The molecule has 0 saturated heterocycles. The van der Waals surface area contributed by atoms with Crippen LogP contribution in [0, 0.1) is 0 Å². The molecule has 0 radical (unpaired) electrons. The van der Waals surface area contributed by atoms with Crippen molar-refractivity contribution >= 4 is 23.2 Å². The Balaban J connectivity index is 1.76. The topological polar surface area (TPSA) is 58.2 Å². The molecule has 23 heavy (non-hydrogen) atoms. The van der Waals surface area contributed by atoms with Gasteiger partial charge in [0.2, 0.25) is 11.8 Å². The van der Waals surface area contributed by atoms with Crippen molar-refractivity contribution in [2.75, 3.05) is 10.6 Å². The molecule has 0 saturated carbocycles. The lowest BCUT2D eigenvalue weighted by atomic mass is 9.82. The van der Waals surface area contributed by atoms with Crippen LogP contribution < -0.4 is 10.6 Å². The van der Waals surface area contributed by atoms with Crippen LogP contribution in [0.1, 0.15) is 36.8 Å². The van der Waals surface area contributed by atoms with Crippen molar-refractivity contribution in [2.24, 2.45) is 0 Å². The highest BCUT2D eigenvalue weighted by atomic mass is 16.2. The van der Waals surface area contributed by atoms with Crippen molar-refractivity contribution in [3.05, 3.63) is 59.7 Å². The molecule has 1 aliphatic carbocycles. The van der Waals surface area contributed by atoms with Gasteiger partial charge in [-0.05, 0) is 48.6 Å². The number of amides is 2. The Hall–Kier alpha value is -2.62. The van der Waals surface area contributed by atoms with Crippen LogP contribution in [0.5, 0.6) is 0 Å². The predicted octanol–water partition coefficient (Wildman–Crippen LogP) is 3.70. The smallest absolute Gasteiger partial charge is 0.231 e. The third-order valence-corrected chi connectivity index (χ3v) is 4.14. The molecule has 0 aromatic heterocycles. The van der Waals surface area contributed by atoms with Crippen LogP contribution >= 0.6 is 0 Å². The van der Waals surface area contributed by atoms with E-state index in [0.717, 1.165) is 24.8 Å². The highest BCUT2D eigenvalue weighted by Gasteiger charge is 2.26. The van der Waals surface area contributed by atoms with Gasteiger partial charge in [-0.2, -0.15) is 0 Å². The van der Waals surface area contributed by atoms with E-state index in [1.165, 1.54) is 12.5 Å². The molecule has 0 fully saturated rings. The molecule has 0 aliphatic heterocycles. The number of carbonyl (C=O) groups excluding carboxylic acids is 2. The van der Waals surface area contributed by atoms with Crippen LogP contribution in [0.25, 0.3) is 0 Å². The number of carbonyl (C=O) groups is 2. The normalized spacial score (nSPS) is 16.3. The molecule has 1 atom stereocenters. The Bertz CT molecular complexity index is 740. The Labute approximate surface area is 135 Å². The lowest BCUT2D eigenvalue weighted by molar-refractivity contribution is -0.118. The summed E-state index contributed by atoms with van der Waals surface area (Å²) in [5, 5.41) is 5.70. The van der Waals surface area contributed by atoms with Gasteiger partial charge in [0, 0.05) is 18.3 Å². The van der Waals surface area contributed by atoms with Crippen molar-refractivity contribution in [1.82, 2.24) is 0 Å². The number of hydrogen-bond donors (Lipinski definition) is 2. The van der Waals surface area contributed by atoms with Gasteiger partial charge in [0.05, 0.1) is 5.92 Å². The minimum atomic E-state index is -0.130. The maximum atomic E-state index is 12.7. The standard InChI is InChI=1S/C19H20N2O2/c1-13(22)20-15-8-5-9-16(12-15)21-19(23)18-11-4-7-14-6-2-3-10-17(14)18/h2-3,5-6,8-10,12,18H,4,7,11H2,1H3,(H,20,22)(H,21,23)/t18-/m1/s1. The summed E-state index contributed by atoms with van der Waals surface area (Å²) in [6.07, 6.45) is 2.94. The maximum absolute atomic E-state index is 12.7. The average molecular weight is 308 g/mol. The van der Waals surface area contributed by atoms with Gasteiger partial charge in [-0.15, -0.1) is 0 Å². The molecule has 0 spiro atoms. The van der Waals surface area contributed by atoms with Gasteiger partial charge in [0.15, 0.2) is 0 Å². The fraction of sp³-hybridized carbons (Fsp3) is 0.263. The van der Waals surface area contributed by atoms with E-state index in [0.29, 0.717) is 11.4 Å². The van der Waals surface area contributed by atoms with Gasteiger partial charge >= 0.3 is 0 Å². The molecule has 2 amide bonds. The van der Waals surface area contributed by atoms with Crippen LogP contribution in [0.15, 0.2) is 48.5 Å². The van der Waals surface area contributed by atoms with Gasteiger partial charge in [-0.25, -0.2) is 0 Å². The van der Waals surface area contributed by atoms with Gasteiger partial charge < -0.3 is 10.6 Å². The van der Waals surface area contributed by atoms with Crippen molar-refractivity contribution < 1.29 is 9.59 Å². The molecule has 4 heteroatoms. The molecule has 3 rings (SSSR count). The SMILES string of the molecule is CC(=O)Nc1cccc(NC(=O)[C@@H]2CCCc3ccccc32)c1. The second kappa shape index (κ2) is 6.65. The number of fused-ring (bicyclic) bond motifs is 1. The summed E-state index contributed by atoms with van der Waals surface area (Å²) >= 11 is 0. The molecule has 118 valence electrons. The number of anilines is 2. The number of aryl methyl sites for hydroxylation is 1. The van der Waals surface area contributed by atoms with Crippen molar-refractivity contribution in [3.8, 4) is 0 Å². The van der Waals surface area contributed by atoms with E-state index in [1.807, 2.05) is 30.3 Å². The maximum Gasteiger partial charge on any atom is 0.231 e. The number of hydrogen-bond acceptors (Lipinski definition) is 2. The molecule has 1 aliphatic rings. The van der Waals surface area contributed by atoms with Crippen LogP contribution in [-0.4, -0.2) is 11.8 Å². The summed E-state index contributed by atoms with van der Waals surface area (Å²) in [6.45, 7) is 1.46. The van der Waals surface area contributed by atoms with Crippen molar-refractivity contribution in [1.29, 1.82) is 0 Å². The number of nitrogens with one attached hydrogen (secondary N) is 2. The predicted molar refractivity (Wildman–Crippen MR) is 91.5 cm³/mol. The monoisotopic (exact) mass is 308 g/mol. The quantitative estimate of drug-likeness (QED) is 0.908. The number of rotatable bonds is 3. The first-order valence-corrected chi connectivity index (χ1v) is 7.90. The van der Waals surface area contributed by atoms with Crippen LogP contribution in [0.3, 0.4) is 0 Å². The van der Waals surface area contributed by atoms with Crippen LogP contribution in [0.4, 0.5) is 11.4 Å². The van der Waals surface area contributed by atoms with Crippen LogP contribution in [-0.2, 0) is 16.0 Å². The molecule has 0 unspecified atom stereocenters. The van der Waals surface area contributed by atoms with E-state index in [9.17, 15) is 9.59 Å². The first-order chi connectivity index (χ1) is 11.1. The zero-order chi connectivity index (χ0) is 16.2. The van der Waals surface area contributed by atoms with Gasteiger partial charge in [-0.1, -0.05) is 30.3 Å². The Morgan fingerprint density at radius 3 is 2.52 bits per heavy atom. The first-order valence-electron chi connectivity index (χ1n) is 7.90. The summed E-state index contributed by atoms with van der Waals surface area (Å²) in [5.41, 5.74) is 3.78. The third-order valence-electron chi connectivity index (χ3n) is 4.14. The molecular formula is C19H20N2O2. The van der Waals surface area contributed by atoms with Crippen LogP contribution in [0.2, 0.25) is 0 Å². The highest BCUT2D eigenvalue weighted by Crippen LogP contribution is 2.32.